The van der Waals surface area contributed by atoms with Crippen molar-refractivity contribution in [2.24, 2.45) is 0 Å². The summed E-state index contributed by atoms with van der Waals surface area (Å²) in [5.74, 6) is 0. The third-order valence-corrected chi connectivity index (χ3v) is 1.44. The van der Waals surface area contributed by atoms with Gasteiger partial charge in [0.05, 0.1) is 12.9 Å². The lowest BCUT2D eigenvalue weighted by Crippen LogP contribution is -2.39. The second kappa shape index (κ2) is 3.74. The van der Waals surface area contributed by atoms with Crippen molar-refractivity contribution in [2.45, 2.75) is 33.4 Å². The first kappa shape index (κ1) is 8.56. The van der Waals surface area contributed by atoms with Crippen LogP contribution in [0.3, 0.4) is 0 Å². The number of hydrogen-bond acceptors (Lipinski definition) is 3. The minimum absolute atomic E-state index is 0.0648. The molecule has 0 bridgehead atoms. The van der Waals surface area contributed by atoms with E-state index >= 15 is 0 Å². The molecule has 1 fully saturated rings. The zero-order chi connectivity index (χ0) is 8.27. The summed E-state index contributed by atoms with van der Waals surface area (Å²) in [5.41, 5.74) is 0.977. The first-order valence-electron chi connectivity index (χ1n) is 3.83. The predicted octanol–water partition coefficient (Wildman–Crippen LogP) is 1.65. The van der Waals surface area contributed by atoms with Crippen LogP contribution in [0.4, 0.5) is 0 Å². The van der Waals surface area contributed by atoms with E-state index in [0.717, 1.165) is 5.57 Å². The van der Waals surface area contributed by atoms with Crippen LogP contribution in [0.15, 0.2) is 11.8 Å². The zero-order valence-corrected chi connectivity index (χ0v) is 7.16. The Morgan fingerprint density at radius 1 is 1.55 bits per heavy atom. The van der Waals surface area contributed by atoms with Crippen LogP contribution in [-0.4, -0.2) is 19.2 Å². The van der Waals surface area contributed by atoms with E-state index in [1.54, 1.807) is 6.26 Å². The maximum Gasteiger partial charge on any atom is 0.188 e. The molecule has 0 aliphatic carbocycles. The van der Waals surface area contributed by atoms with Gasteiger partial charge in [-0.15, -0.1) is 0 Å². The van der Waals surface area contributed by atoms with Gasteiger partial charge in [-0.25, -0.2) is 0 Å². The van der Waals surface area contributed by atoms with Gasteiger partial charge in [0.15, 0.2) is 12.6 Å². The van der Waals surface area contributed by atoms with Gasteiger partial charge in [-0.05, 0) is 20.8 Å². The Morgan fingerprint density at radius 2 is 2.18 bits per heavy atom. The summed E-state index contributed by atoms with van der Waals surface area (Å²) >= 11 is 0. The van der Waals surface area contributed by atoms with Crippen LogP contribution in [-0.2, 0) is 14.2 Å². The van der Waals surface area contributed by atoms with Gasteiger partial charge in [-0.1, -0.05) is 0 Å². The lowest BCUT2D eigenvalue weighted by atomic mass is 10.3. The van der Waals surface area contributed by atoms with E-state index in [-0.39, 0.29) is 12.6 Å². The Balaban J connectivity index is 2.25. The van der Waals surface area contributed by atoms with Gasteiger partial charge in [-0.3, -0.25) is 0 Å². The molecule has 0 aromatic rings. The van der Waals surface area contributed by atoms with Crippen molar-refractivity contribution in [1.82, 2.24) is 0 Å². The summed E-state index contributed by atoms with van der Waals surface area (Å²) in [6.45, 7) is 6.41. The SMILES string of the molecule is CCO/C=C(/C)C1OC(C)O1. The minimum Gasteiger partial charge on any atom is -0.501 e. The van der Waals surface area contributed by atoms with E-state index in [0.29, 0.717) is 6.61 Å². The molecule has 0 aromatic carbocycles. The summed E-state index contributed by atoms with van der Waals surface area (Å²) in [7, 11) is 0. The third-order valence-electron chi connectivity index (χ3n) is 1.44. The molecule has 0 aromatic heterocycles. The number of ether oxygens (including phenoxy) is 3. The van der Waals surface area contributed by atoms with Crippen LogP contribution in [0.1, 0.15) is 20.8 Å². The average molecular weight is 158 g/mol. The largest absolute Gasteiger partial charge is 0.501 e. The molecule has 0 saturated carbocycles. The van der Waals surface area contributed by atoms with E-state index in [2.05, 4.69) is 0 Å². The average Bonchev–Trinajstić information content (AvgIpc) is 1.94. The molecular weight excluding hydrogens is 144 g/mol. The van der Waals surface area contributed by atoms with E-state index in [1.807, 2.05) is 20.8 Å². The highest BCUT2D eigenvalue weighted by Gasteiger charge is 2.28. The van der Waals surface area contributed by atoms with Crippen LogP contribution in [0.2, 0.25) is 0 Å². The van der Waals surface area contributed by atoms with Gasteiger partial charge in [0.25, 0.3) is 0 Å². The number of rotatable bonds is 3. The van der Waals surface area contributed by atoms with Crippen molar-refractivity contribution in [1.29, 1.82) is 0 Å². The molecule has 1 rings (SSSR count). The van der Waals surface area contributed by atoms with E-state index < -0.39 is 0 Å². The molecule has 11 heavy (non-hydrogen) atoms. The standard InChI is InChI=1S/C8H14O3/c1-4-9-5-6(2)8-10-7(3)11-8/h5,7-8H,4H2,1-3H3/b6-5-. The fourth-order valence-corrected chi connectivity index (χ4v) is 0.843. The Hall–Kier alpha value is -0.540. The van der Waals surface area contributed by atoms with Gasteiger partial charge in [0.2, 0.25) is 0 Å². The van der Waals surface area contributed by atoms with Crippen LogP contribution in [0, 0.1) is 0 Å². The van der Waals surface area contributed by atoms with Gasteiger partial charge in [0, 0.05) is 5.57 Å². The van der Waals surface area contributed by atoms with Gasteiger partial charge in [0.1, 0.15) is 0 Å². The molecule has 0 radical (unpaired) electrons. The highest BCUT2D eigenvalue weighted by molar-refractivity contribution is 4.99. The summed E-state index contributed by atoms with van der Waals surface area (Å²) < 4.78 is 15.5. The summed E-state index contributed by atoms with van der Waals surface area (Å²) in [6.07, 6.45) is 1.43. The molecule has 3 heteroatoms. The summed E-state index contributed by atoms with van der Waals surface area (Å²) in [5, 5.41) is 0. The highest BCUT2D eigenvalue weighted by Crippen LogP contribution is 2.22. The van der Waals surface area contributed by atoms with E-state index in [9.17, 15) is 0 Å². The second-order valence-electron chi connectivity index (χ2n) is 2.49. The van der Waals surface area contributed by atoms with Crippen molar-refractivity contribution in [3.05, 3.63) is 11.8 Å². The van der Waals surface area contributed by atoms with E-state index in [4.69, 9.17) is 14.2 Å². The smallest absolute Gasteiger partial charge is 0.188 e. The quantitative estimate of drug-likeness (QED) is 0.584. The first-order chi connectivity index (χ1) is 5.24. The van der Waals surface area contributed by atoms with Crippen molar-refractivity contribution in [3.8, 4) is 0 Å². The van der Waals surface area contributed by atoms with Gasteiger partial charge < -0.3 is 14.2 Å². The molecule has 1 aliphatic rings. The topological polar surface area (TPSA) is 27.7 Å². The van der Waals surface area contributed by atoms with Crippen LogP contribution >= 0.6 is 0 Å². The van der Waals surface area contributed by atoms with Crippen LogP contribution in [0.5, 0.6) is 0 Å². The van der Waals surface area contributed by atoms with E-state index in [1.165, 1.54) is 0 Å². The molecule has 3 nitrogen and oxygen atoms in total. The molecule has 0 amide bonds. The lowest BCUT2D eigenvalue weighted by Gasteiger charge is -2.33. The van der Waals surface area contributed by atoms with Crippen molar-refractivity contribution in [3.63, 3.8) is 0 Å². The summed E-state index contributed by atoms with van der Waals surface area (Å²) in [6, 6.07) is 0. The Kier molecular flexibility index (Phi) is 2.91. The predicted molar refractivity (Wildman–Crippen MR) is 40.8 cm³/mol. The second-order valence-corrected chi connectivity index (χ2v) is 2.49. The molecule has 1 heterocycles. The molecule has 1 aliphatic heterocycles. The van der Waals surface area contributed by atoms with Gasteiger partial charge >= 0.3 is 0 Å². The van der Waals surface area contributed by atoms with Crippen molar-refractivity contribution < 1.29 is 14.2 Å². The zero-order valence-electron chi connectivity index (χ0n) is 7.16. The first-order valence-corrected chi connectivity index (χ1v) is 3.83. The molecule has 64 valence electrons. The fourth-order valence-electron chi connectivity index (χ4n) is 0.843. The highest BCUT2D eigenvalue weighted by atomic mass is 16.9. The lowest BCUT2D eigenvalue weighted by molar-refractivity contribution is -0.359. The molecule has 0 unspecified atom stereocenters. The molecular formula is C8H14O3. The molecule has 0 N–H and O–H groups in total. The van der Waals surface area contributed by atoms with Crippen LogP contribution in [0.25, 0.3) is 0 Å². The molecule has 0 atom stereocenters. The normalized spacial score (nSPS) is 31.4. The maximum absolute atomic E-state index is 5.23. The third kappa shape index (κ3) is 2.20. The Morgan fingerprint density at radius 3 is 2.64 bits per heavy atom. The number of hydrogen-bond donors (Lipinski definition) is 0. The molecule has 1 saturated heterocycles. The van der Waals surface area contributed by atoms with Gasteiger partial charge in [-0.2, -0.15) is 0 Å². The summed E-state index contributed by atoms with van der Waals surface area (Å²) in [4.78, 5) is 0. The van der Waals surface area contributed by atoms with Crippen molar-refractivity contribution >= 4 is 0 Å². The van der Waals surface area contributed by atoms with Crippen LogP contribution < -0.4 is 0 Å². The molecule has 0 spiro atoms. The Labute approximate surface area is 66.9 Å². The monoisotopic (exact) mass is 158 g/mol. The Bertz CT molecular complexity index is 147. The van der Waals surface area contributed by atoms with Crippen molar-refractivity contribution in [2.75, 3.05) is 6.61 Å². The fraction of sp³-hybridized carbons (Fsp3) is 0.750. The maximum atomic E-state index is 5.23. The minimum atomic E-state index is -0.184.